The third kappa shape index (κ3) is 5.17. The van der Waals surface area contributed by atoms with Gasteiger partial charge in [-0.2, -0.15) is 0 Å². The highest BCUT2D eigenvalue weighted by Crippen LogP contribution is 2.29. The monoisotopic (exact) mass is 462 g/mol. The molecule has 0 atom stereocenters. The summed E-state index contributed by atoms with van der Waals surface area (Å²) in [6, 6.07) is 14.0. The number of fused-ring (bicyclic) bond motifs is 1. The average Bonchev–Trinajstić information content (AvgIpc) is 3.09. The first-order valence-electron chi connectivity index (χ1n) is 11.2. The van der Waals surface area contributed by atoms with Gasteiger partial charge >= 0.3 is 5.97 Å². The number of pyridine rings is 1. The number of esters is 1. The number of aryl methyl sites for hydroxylation is 1. The number of hydrogen-bond acceptors (Lipinski definition) is 6. The fourth-order valence-electron chi connectivity index (χ4n) is 3.66. The van der Waals surface area contributed by atoms with Crippen LogP contribution in [0.5, 0.6) is 11.5 Å². The van der Waals surface area contributed by atoms with Crippen LogP contribution in [0.4, 0.5) is 16.0 Å². The third-order valence-electron chi connectivity index (χ3n) is 5.38. The largest absolute Gasteiger partial charge is 0.466 e. The van der Waals surface area contributed by atoms with Crippen molar-refractivity contribution in [2.75, 3.05) is 11.9 Å². The number of ether oxygens (including phenoxy) is 2. The molecule has 0 amide bonds. The summed E-state index contributed by atoms with van der Waals surface area (Å²) in [4.78, 5) is 20.6. The minimum atomic E-state index is -0.330. The van der Waals surface area contributed by atoms with E-state index in [0.717, 1.165) is 16.7 Å². The summed E-state index contributed by atoms with van der Waals surface area (Å²) in [5, 5.41) is 3.28. The van der Waals surface area contributed by atoms with Gasteiger partial charge in [0.25, 0.3) is 0 Å². The van der Waals surface area contributed by atoms with Gasteiger partial charge in [-0.15, -0.1) is 0 Å². The molecule has 0 spiro atoms. The van der Waals surface area contributed by atoms with E-state index in [0.29, 0.717) is 35.3 Å². The maximum atomic E-state index is 14.1. The van der Waals surface area contributed by atoms with Crippen molar-refractivity contribution < 1.29 is 18.7 Å². The quantitative estimate of drug-likeness (QED) is 0.330. The van der Waals surface area contributed by atoms with Gasteiger partial charge in [-0.05, 0) is 54.8 Å². The fraction of sp³-hybridized carbons (Fsp3) is 0.269. The van der Waals surface area contributed by atoms with Crippen LogP contribution in [0.3, 0.4) is 0 Å². The summed E-state index contributed by atoms with van der Waals surface area (Å²) >= 11 is 0. The molecule has 176 valence electrons. The molecule has 8 heteroatoms. The van der Waals surface area contributed by atoms with Gasteiger partial charge < -0.3 is 19.4 Å². The Hall–Kier alpha value is -3.94. The van der Waals surface area contributed by atoms with E-state index in [2.05, 4.69) is 15.3 Å². The molecule has 7 nitrogen and oxygen atoms in total. The van der Waals surface area contributed by atoms with Gasteiger partial charge in [-0.25, -0.2) is 9.37 Å². The lowest BCUT2D eigenvalue weighted by atomic mass is 10.0. The van der Waals surface area contributed by atoms with Crippen LogP contribution in [0, 0.1) is 5.82 Å². The van der Waals surface area contributed by atoms with Crippen molar-refractivity contribution in [1.82, 2.24) is 14.5 Å². The highest BCUT2D eigenvalue weighted by atomic mass is 19.1. The van der Waals surface area contributed by atoms with Crippen molar-refractivity contribution in [2.45, 2.75) is 33.1 Å². The van der Waals surface area contributed by atoms with Crippen LogP contribution in [0.1, 0.15) is 37.9 Å². The summed E-state index contributed by atoms with van der Waals surface area (Å²) in [5.74, 6) is 1.34. The van der Waals surface area contributed by atoms with Gasteiger partial charge in [0.05, 0.1) is 29.8 Å². The third-order valence-corrected chi connectivity index (χ3v) is 5.38. The minimum Gasteiger partial charge on any atom is -0.466 e. The predicted octanol–water partition coefficient (Wildman–Crippen LogP) is 5.87. The average molecular weight is 463 g/mol. The van der Waals surface area contributed by atoms with Gasteiger partial charge in [-0.3, -0.25) is 9.78 Å². The molecule has 0 aliphatic carbocycles. The number of halogens is 1. The molecule has 0 fully saturated rings. The second-order valence-electron chi connectivity index (χ2n) is 8.23. The molecule has 4 rings (SSSR count). The first-order chi connectivity index (χ1) is 16.3. The number of anilines is 2. The van der Waals surface area contributed by atoms with Crippen LogP contribution in [-0.4, -0.2) is 27.1 Å². The lowest BCUT2D eigenvalue weighted by Crippen LogP contribution is -2.08. The van der Waals surface area contributed by atoms with E-state index < -0.39 is 0 Å². The maximum Gasteiger partial charge on any atom is 0.311 e. The summed E-state index contributed by atoms with van der Waals surface area (Å²) in [5.41, 5.74) is 3.65. The summed E-state index contributed by atoms with van der Waals surface area (Å²) in [6.45, 7) is 6.01. The SMILES string of the molecule is CCOC(=O)Cc1cc(Oc2ccc3c(c2)nc(Nc2ccc(F)c(C(C)C)c2)n3C)ccn1. The molecule has 1 N–H and O–H groups in total. The molecular formula is C26H27FN4O3. The Balaban J connectivity index is 1.54. The van der Waals surface area contributed by atoms with E-state index >= 15 is 0 Å². The number of hydrogen-bond donors (Lipinski definition) is 1. The molecule has 2 aromatic heterocycles. The number of nitrogens with one attached hydrogen (secondary N) is 1. The number of rotatable bonds is 8. The Morgan fingerprint density at radius 2 is 1.91 bits per heavy atom. The molecule has 2 heterocycles. The van der Waals surface area contributed by atoms with Crippen LogP contribution in [0.15, 0.2) is 54.7 Å². The van der Waals surface area contributed by atoms with Gasteiger partial charge in [-0.1, -0.05) is 13.8 Å². The molecule has 0 aliphatic heterocycles. The molecule has 4 aromatic rings. The van der Waals surface area contributed by atoms with Crippen molar-refractivity contribution >= 4 is 28.6 Å². The lowest BCUT2D eigenvalue weighted by molar-refractivity contribution is -0.142. The lowest BCUT2D eigenvalue weighted by Gasteiger charge is -2.11. The standard InChI is InChI=1S/C26H27FN4O3/c1-5-33-25(32)14-18-12-20(10-11-28-18)34-19-7-9-24-23(15-19)30-26(31(24)4)29-17-6-8-22(27)21(13-17)16(2)3/h6-13,15-16H,5,14H2,1-4H3,(H,29,30). The summed E-state index contributed by atoms with van der Waals surface area (Å²) < 4.78 is 27.0. The zero-order chi connectivity index (χ0) is 24.2. The Morgan fingerprint density at radius 3 is 2.68 bits per heavy atom. The normalized spacial score (nSPS) is 11.1. The van der Waals surface area contributed by atoms with E-state index in [1.807, 2.05) is 49.7 Å². The Bertz CT molecular complexity index is 1330. The van der Waals surface area contributed by atoms with Crippen molar-refractivity contribution in [3.63, 3.8) is 0 Å². The van der Waals surface area contributed by atoms with Gasteiger partial charge in [0.2, 0.25) is 5.95 Å². The molecule has 0 bridgehead atoms. The predicted molar refractivity (Wildman–Crippen MR) is 129 cm³/mol. The van der Waals surface area contributed by atoms with Crippen LogP contribution in [0.2, 0.25) is 0 Å². The Labute approximate surface area is 197 Å². The van der Waals surface area contributed by atoms with Crippen LogP contribution >= 0.6 is 0 Å². The molecule has 0 radical (unpaired) electrons. The smallest absolute Gasteiger partial charge is 0.311 e. The van der Waals surface area contributed by atoms with Crippen LogP contribution in [0.25, 0.3) is 11.0 Å². The maximum absolute atomic E-state index is 14.1. The van der Waals surface area contributed by atoms with Crippen LogP contribution < -0.4 is 10.1 Å². The van der Waals surface area contributed by atoms with E-state index in [-0.39, 0.29) is 24.1 Å². The van der Waals surface area contributed by atoms with Crippen molar-refractivity contribution in [3.05, 3.63) is 71.8 Å². The number of imidazole rings is 1. The minimum absolute atomic E-state index is 0.0768. The highest BCUT2D eigenvalue weighted by molar-refractivity contribution is 5.81. The number of carbonyl (C=O) groups excluding carboxylic acids is 1. The van der Waals surface area contributed by atoms with Gasteiger partial charge in [0.15, 0.2) is 0 Å². The number of benzene rings is 2. The molecule has 0 saturated carbocycles. The fourth-order valence-corrected chi connectivity index (χ4v) is 3.66. The van der Waals surface area contributed by atoms with E-state index in [1.165, 1.54) is 6.07 Å². The number of aromatic nitrogens is 3. The number of nitrogens with zero attached hydrogens (tertiary/aromatic N) is 3. The molecule has 34 heavy (non-hydrogen) atoms. The van der Waals surface area contributed by atoms with E-state index in [4.69, 9.17) is 9.47 Å². The Morgan fingerprint density at radius 1 is 1.12 bits per heavy atom. The highest BCUT2D eigenvalue weighted by Gasteiger charge is 2.13. The second-order valence-corrected chi connectivity index (χ2v) is 8.23. The molecular weight excluding hydrogens is 435 g/mol. The topological polar surface area (TPSA) is 78.3 Å². The first-order valence-corrected chi connectivity index (χ1v) is 11.2. The zero-order valence-electron chi connectivity index (χ0n) is 19.6. The van der Waals surface area contributed by atoms with Crippen molar-refractivity contribution in [1.29, 1.82) is 0 Å². The first kappa shape index (κ1) is 23.2. The van der Waals surface area contributed by atoms with E-state index in [1.54, 1.807) is 31.3 Å². The molecule has 0 aliphatic rings. The number of carbonyl (C=O) groups is 1. The van der Waals surface area contributed by atoms with Gasteiger partial charge in [0, 0.05) is 31.1 Å². The molecule has 0 saturated heterocycles. The summed E-state index contributed by atoms with van der Waals surface area (Å²) in [6.07, 6.45) is 1.68. The summed E-state index contributed by atoms with van der Waals surface area (Å²) in [7, 11) is 1.91. The molecule has 0 unspecified atom stereocenters. The Kier molecular flexibility index (Phi) is 6.77. The zero-order valence-corrected chi connectivity index (χ0v) is 19.6. The van der Waals surface area contributed by atoms with E-state index in [9.17, 15) is 9.18 Å². The molecule has 2 aromatic carbocycles. The van der Waals surface area contributed by atoms with Gasteiger partial charge in [0.1, 0.15) is 17.3 Å². The van der Waals surface area contributed by atoms with Crippen molar-refractivity contribution in [2.24, 2.45) is 7.05 Å². The van der Waals surface area contributed by atoms with Crippen LogP contribution in [-0.2, 0) is 23.0 Å². The second kappa shape index (κ2) is 9.91. The van der Waals surface area contributed by atoms with Crippen molar-refractivity contribution in [3.8, 4) is 11.5 Å².